The predicted molar refractivity (Wildman–Crippen MR) is 39.6 cm³/mol. The molecule has 1 aromatic carbocycles. The maximum Gasteiger partial charge on any atom is 1.00 e. The van der Waals surface area contributed by atoms with Crippen LogP contribution in [-0.2, 0) is 0 Å². The van der Waals surface area contributed by atoms with Crippen molar-refractivity contribution in [2.24, 2.45) is 0 Å². The van der Waals surface area contributed by atoms with Gasteiger partial charge in [-0.1, -0.05) is 26.0 Å². The summed E-state index contributed by atoms with van der Waals surface area (Å²) in [6.45, 7) is 0. The molecule has 0 aliphatic carbocycles. The van der Waals surface area contributed by atoms with Crippen molar-refractivity contribution < 1.29 is 18.9 Å². The van der Waals surface area contributed by atoms with Crippen LogP contribution in [0, 0.1) is 5.80 Å². The van der Waals surface area contributed by atoms with Gasteiger partial charge < -0.3 is 4.75 Å². The van der Waals surface area contributed by atoms with E-state index in [4.69, 9.17) is 0 Å². The Labute approximate surface area is 73.2 Å². The van der Waals surface area contributed by atoms with Crippen LogP contribution in [0.15, 0.2) is 24.3 Å². The van der Waals surface area contributed by atoms with Crippen LogP contribution in [0.5, 0.6) is 0 Å². The Morgan fingerprint density at radius 2 is 2.10 bits per heavy atom. The van der Waals surface area contributed by atoms with Crippen molar-refractivity contribution in [1.82, 2.24) is 4.75 Å². The largest absolute Gasteiger partial charge is 1.00 e. The van der Waals surface area contributed by atoms with Gasteiger partial charge in [-0.15, -0.1) is 11.9 Å². The van der Waals surface area contributed by atoms with Crippen LogP contribution >= 0.6 is 8.35 Å². The predicted octanol–water partition coefficient (Wildman–Crippen LogP) is -0.448. The van der Waals surface area contributed by atoms with Gasteiger partial charge in [-0.3, -0.25) is 0 Å². The Balaban J connectivity index is 0.000000500. The number of H-pyrrole nitrogens is 1. The molecule has 44 valence electrons. The summed E-state index contributed by atoms with van der Waals surface area (Å²) < 4.78 is 3.16. The van der Waals surface area contributed by atoms with Crippen LogP contribution in [0.4, 0.5) is 0 Å². The van der Waals surface area contributed by atoms with Gasteiger partial charge in [0.1, 0.15) is 0 Å². The summed E-state index contributed by atoms with van der Waals surface area (Å²) in [5.74, 6) is 3.16. The van der Waals surface area contributed by atoms with Crippen molar-refractivity contribution in [2.45, 2.75) is 0 Å². The minimum Gasteiger partial charge on any atom is -0.401 e. The van der Waals surface area contributed by atoms with Gasteiger partial charge in [0.05, 0.1) is 0 Å². The summed E-state index contributed by atoms with van der Waals surface area (Å²) in [5.41, 5.74) is 1.19. The molecule has 1 nitrogen and oxygen atoms in total. The first-order chi connectivity index (χ1) is 4.47. The van der Waals surface area contributed by atoms with Gasteiger partial charge in [0.25, 0.3) is 0 Å². The number of rotatable bonds is 0. The second kappa shape index (κ2) is 3.26. The zero-order chi connectivity index (χ0) is 6.10. The van der Waals surface area contributed by atoms with E-state index in [0.717, 1.165) is 8.35 Å². The van der Waals surface area contributed by atoms with E-state index in [1.54, 1.807) is 0 Å². The van der Waals surface area contributed by atoms with E-state index < -0.39 is 0 Å². The van der Waals surface area contributed by atoms with Crippen molar-refractivity contribution in [2.75, 3.05) is 0 Å². The molecule has 3 heteroatoms. The van der Waals surface area contributed by atoms with Crippen molar-refractivity contribution in [3.63, 3.8) is 0 Å². The number of nitrogens with one attached hydrogen (secondary N) is 1. The van der Waals surface area contributed by atoms with E-state index in [2.05, 4.69) is 22.7 Å². The van der Waals surface area contributed by atoms with E-state index in [9.17, 15) is 0 Å². The van der Waals surface area contributed by atoms with E-state index in [-0.39, 0.29) is 18.9 Å². The van der Waals surface area contributed by atoms with Crippen LogP contribution in [0.25, 0.3) is 10.9 Å². The average molecular weight is 141 g/mol. The third-order valence-corrected chi connectivity index (χ3v) is 1.99. The summed E-state index contributed by atoms with van der Waals surface area (Å²) >= 11 is 0. The number of para-hydroxylation sites is 1. The Kier molecular flexibility index (Phi) is 2.57. The molecule has 0 unspecified atom stereocenters. The molecule has 0 spiro atoms. The maximum absolute atomic E-state index is 3.16. The Morgan fingerprint density at radius 1 is 1.30 bits per heavy atom. The zero-order valence-electron chi connectivity index (χ0n) is 5.76. The summed E-state index contributed by atoms with van der Waals surface area (Å²) in [7, 11) is 1.07. The first-order valence-electron chi connectivity index (χ1n) is 2.77. The molecule has 0 bridgehead atoms. The minimum atomic E-state index is 0. The topological polar surface area (TPSA) is 15.8 Å². The second-order valence-corrected chi connectivity index (χ2v) is 2.55. The van der Waals surface area contributed by atoms with Crippen molar-refractivity contribution in [1.29, 1.82) is 0 Å². The first-order valence-corrected chi connectivity index (χ1v) is 3.67. The number of hydrogen-bond acceptors (Lipinski definition) is 0. The molecule has 0 saturated heterocycles. The van der Waals surface area contributed by atoms with Crippen LogP contribution < -0.4 is 18.9 Å². The monoisotopic (exact) mass is 141 g/mol. The third kappa shape index (κ3) is 1.27. The van der Waals surface area contributed by atoms with Crippen LogP contribution in [-0.4, -0.2) is 4.75 Å². The molecule has 0 atom stereocenters. The number of aromatic nitrogens is 1. The molecule has 0 aliphatic heterocycles. The minimum absolute atomic E-state index is 0. The molecule has 10 heavy (non-hydrogen) atoms. The molecule has 0 amide bonds. The fourth-order valence-corrected chi connectivity index (χ4v) is 1.51. The molecule has 2 rings (SSSR count). The quantitative estimate of drug-likeness (QED) is 0.378. The Bertz CT molecular complexity index is 288. The normalized spacial score (nSPS) is 10.0. The number of hydrogen-bond donors (Lipinski definition) is 1. The fraction of sp³-hybridized carbons (Fsp3) is 0. The third-order valence-electron chi connectivity index (χ3n) is 1.28. The zero-order valence-corrected chi connectivity index (χ0v) is 6.65. The average Bonchev–Trinajstić information content (AvgIpc) is 2.33. The van der Waals surface area contributed by atoms with Gasteiger partial charge in [-0.2, -0.15) is 11.5 Å². The molecule has 0 fully saturated rings. The van der Waals surface area contributed by atoms with E-state index in [1.807, 2.05) is 12.1 Å². The van der Waals surface area contributed by atoms with Gasteiger partial charge in [0.2, 0.25) is 0 Å². The van der Waals surface area contributed by atoms with E-state index >= 15 is 0 Å². The molecular weight excluding hydrogens is 136 g/mol. The van der Waals surface area contributed by atoms with Gasteiger partial charge in [0, 0.05) is 0 Å². The number of fused-ring (bicyclic) bond motifs is 1. The Hall–Kier alpha value is -0.213. The van der Waals surface area contributed by atoms with Gasteiger partial charge >= 0.3 is 18.9 Å². The van der Waals surface area contributed by atoms with Crippen molar-refractivity contribution >= 4 is 19.3 Å². The molecule has 1 aromatic heterocycles. The molecule has 0 saturated carbocycles. The molecule has 1 heterocycles. The second-order valence-electron chi connectivity index (χ2n) is 1.88. The number of aromatic amines is 1. The molecule has 1 N–H and O–H groups in total. The van der Waals surface area contributed by atoms with Gasteiger partial charge in [0.15, 0.2) is 0 Å². The smallest absolute Gasteiger partial charge is 0.401 e. The van der Waals surface area contributed by atoms with E-state index in [0.29, 0.717) is 0 Å². The molecule has 2 aromatic rings. The standard InChI is InChI=1S/C7H5NP.Li/c1-2-4-7-6(3-1)5-9-8-7;/h1-4,8H;/q-1;+1. The van der Waals surface area contributed by atoms with Crippen LogP contribution in [0.1, 0.15) is 0 Å². The summed E-state index contributed by atoms with van der Waals surface area (Å²) in [5, 5.41) is 1.19. The molecular formula is C7H5LiNP. The van der Waals surface area contributed by atoms with Crippen molar-refractivity contribution in [3.05, 3.63) is 30.1 Å². The van der Waals surface area contributed by atoms with Crippen molar-refractivity contribution in [3.8, 4) is 0 Å². The fourth-order valence-electron chi connectivity index (χ4n) is 0.827. The molecule has 0 aliphatic rings. The first kappa shape index (κ1) is 7.89. The van der Waals surface area contributed by atoms with E-state index in [1.165, 1.54) is 10.9 Å². The maximum atomic E-state index is 3.16. The summed E-state index contributed by atoms with van der Waals surface area (Å²) in [6, 6.07) is 8.16. The summed E-state index contributed by atoms with van der Waals surface area (Å²) in [6.07, 6.45) is 0. The van der Waals surface area contributed by atoms with Crippen LogP contribution in [0.2, 0.25) is 0 Å². The Morgan fingerprint density at radius 3 is 2.90 bits per heavy atom. The van der Waals surface area contributed by atoms with Crippen LogP contribution in [0.3, 0.4) is 0 Å². The number of benzene rings is 1. The SMILES string of the molecule is [Li+].[c-]1p[nH]c2ccccc12. The molecule has 0 radical (unpaired) electrons. The van der Waals surface area contributed by atoms with Gasteiger partial charge in [-0.25, -0.2) is 0 Å². The van der Waals surface area contributed by atoms with Gasteiger partial charge in [-0.05, 0) is 0 Å². The summed E-state index contributed by atoms with van der Waals surface area (Å²) in [4.78, 5) is 0.